The van der Waals surface area contributed by atoms with Crippen LogP contribution >= 0.6 is 24.0 Å². The summed E-state index contributed by atoms with van der Waals surface area (Å²) in [6, 6.07) is 17.5. The molecule has 2 aromatic rings. The average Bonchev–Trinajstić information content (AvgIpc) is 2.68. The minimum atomic E-state index is -0.123. The van der Waals surface area contributed by atoms with E-state index in [1.165, 1.54) is 5.56 Å². The highest BCUT2D eigenvalue weighted by Gasteiger charge is 2.04. The number of hydrogen-bond acceptors (Lipinski definition) is 3. The van der Waals surface area contributed by atoms with Gasteiger partial charge in [-0.1, -0.05) is 37.3 Å². The number of halogens is 1. The van der Waals surface area contributed by atoms with Gasteiger partial charge in [0.2, 0.25) is 5.91 Å². The number of hydrogen-bond donors (Lipinski definition) is 3. The molecule has 0 atom stereocenters. The van der Waals surface area contributed by atoms with Crippen molar-refractivity contribution in [2.75, 3.05) is 32.1 Å². The predicted molar refractivity (Wildman–Crippen MR) is 121 cm³/mol. The Balaban J connectivity index is 0.00000364. The van der Waals surface area contributed by atoms with Crippen LogP contribution in [0, 0.1) is 0 Å². The van der Waals surface area contributed by atoms with Crippen LogP contribution in [0.3, 0.4) is 0 Å². The molecule has 0 aliphatic heterocycles. The fourth-order valence-corrected chi connectivity index (χ4v) is 2.31. The third kappa shape index (κ3) is 8.76. The first-order chi connectivity index (χ1) is 12.7. The number of aryl methyl sites for hydroxylation is 1. The van der Waals surface area contributed by atoms with Gasteiger partial charge in [0.1, 0.15) is 12.4 Å². The first-order valence-electron chi connectivity index (χ1n) is 8.72. The van der Waals surface area contributed by atoms with Gasteiger partial charge in [-0.3, -0.25) is 9.79 Å². The van der Waals surface area contributed by atoms with Crippen LogP contribution in [-0.4, -0.2) is 38.6 Å². The minimum Gasteiger partial charge on any atom is -0.492 e. The third-order valence-corrected chi connectivity index (χ3v) is 3.67. The topological polar surface area (TPSA) is 74.8 Å². The normalized spacial score (nSPS) is 10.5. The molecule has 0 radical (unpaired) electrons. The zero-order chi connectivity index (χ0) is 18.6. The van der Waals surface area contributed by atoms with E-state index in [1.54, 1.807) is 7.05 Å². The lowest BCUT2D eigenvalue weighted by Gasteiger charge is -2.13. The zero-order valence-corrected chi connectivity index (χ0v) is 18.0. The van der Waals surface area contributed by atoms with Crippen molar-refractivity contribution in [1.29, 1.82) is 0 Å². The Labute approximate surface area is 177 Å². The second-order valence-electron chi connectivity index (χ2n) is 5.62. The van der Waals surface area contributed by atoms with Crippen molar-refractivity contribution in [1.82, 2.24) is 10.6 Å². The van der Waals surface area contributed by atoms with Crippen LogP contribution in [-0.2, 0) is 11.2 Å². The molecule has 0 spiro atoms. The van der Waals surface area contributed by atoms with E-state index in [9.17, 15) is 4.79 Å². The van der Waals surface area contributed by atoms with Crippen molar-refractivity contribution in [2.45, 2.75) is 13.3 Å². The van der Waals surface area contributed by atoms with Crippen LogP contribution < -0.4 is 20.7 Å². The molecule has 2 rings (SSSR count). The van der Waals surface area contributed by atoms with Gasteiger partial charge >= 0.3 is 0 Å². The Hall–Kier alpha value is -2.29. The van der Waals surface area contributed by atoms with Crippen molar-refractivity contribution >= 4 is 41.5 Å². The van der Waals surface area contributed by atoms with Crippen LogP contribution in [0.25, 0.3) is 0 Å². The van der Waals surface area contributed by atoms with E-state index in [0.29, 0.717) is 19.1 Å². The molecule has 0 aliphatic rings. The lowest BCUT2D eigenvalue weighted by molar-refractivity contribution is -0.115. The second kappa shape index (κ2) is 13.0. The molecule has 0 bridgehead atoms. The van der Waals surface area contributed by atoms with E-state index in [4.69, 9.17) is 4.74 Å². The number of anilines is 1. The second-order valence-corrected chi connectivity index (χ2v) is 5.62. The molecule has 146 valence electrons. The first kappa shape index (κ1) is 22.8. The van der Waals surface area contributed by atoms with Gasteiger partial charge in [0.25, 0.3) is 0 Å². The van der Waals surface area contributed by atoms with Crippen LogP contribution in [0.15, 0.2) is 59.6 Å². The molecule has 0 fully saturated rings. The van der Waals surface area contributed by atoms with Gasteiger partial charge in [-0.15, -0.1) is 24.0 Å². The number of carbonyl (C=O) groups excluding carboxylic acids is 1. The lowest BCUT2D eigenvalue weighted by Crippen LogP contribution is -2.42. The summed E-state index contributed by atoms with van der Waals surface area (Å²) in [7, 11) is 1.66. The number of benzene rings is 2. The number of nitrogens with one attached hydrogen (secondary N) is 3. The summed E-state index contributed by atoms with van der Waals surface area (Å²) in [5.41, 5.74) is 1.99. The average molecular weight is 482 g/mol. The quantitative estimate of drug-likeness (QED) is 0.234. The van der Waals surface area contributed by atoms with Gasteiger partial charge in [-0.2, -0.15) is 0 Å². The number of para-hydroxylation sites is 1. The van der Waals surface area contributed by atoms with E-state index in [-0.39, 0.29) is 36.4 Å². The summed E-state index contributed by atoms with van der Waals surface area (Å²) >= 11 is 0. The summed E-state index contributed by atoms with van der Waals surface area (Å²) in [6.45, 7) is 3.30. The summed E-state index contributed by atoms with van der Waals surface area (Å²) in [5, 5.41) is 8.97. The van der Waals surface area contributed by atoms with Gasteiger partial charge in [-0.05, 0) is 36.2 Å². The number of rotatable bonds is 8. The maximum atomic E-state index is 12.1. The number of nitrogens with zero attached hydrogens (tertiary/aromatic N) is 1. The molecule has 3 N–H and O–H groups in total. The van der Waals surface area contributed by atoms with Gasteiger partial charge in [0.15, 0.2) is 5.96 Å². The molecule has 0 saturated carbocycles. The summed E-state index contributed by atoms with van der Waals surface area (Å²) in [4.78, 5) is 16.2. The van der Waals surface area contributed by atoms with E-state index in [2.05, 4.69) is 27.9 Å². The third-order valence-electron chi connectivity index (χ3n) is 3.67. The molecule has 0 aromatic heterocycles. The van der Waals surface area contributed by atoms with E-state index < -0.39 is 0 Å². The molecule has 27 heavy (non-hydrogen) atoms. The maximum Gasteiger partial charge on any atom is 0.243 e. The Kier molecular flexibility index (Phi) is 10.9. The van der Waals surface area contributed by atoms with Gasteiger partial charge in [0, 0.05) is 12.7 Å². The molecule has 0 heterocycles. The zero-order valence-electron chi connectivity index (χ0n) is 15.7. The summed E-state index contributed by atoms with van der Waals surface area (Å²) in [5.74, 6) is 1.26. The number of carbonyl (C=O) groups is 1. The summed E-state index contributed by atoms with van der Waals surface area (Å²) < 4.78 is 5.60. The van der Waals surface area contributed by atoms with Crippen LogP contribution in [0.4, 0.5) is 5.69 Å². The molecule has 0 unspecified atom stereocenters. The SMILES string of the molecule is CCc1cccc(NC(=O)CNC(=NC)NCCOc2ccccc2)c1.I. The largest absolute Gasteiger partial charge is 0.492 e. The van der Waals surface area contributed by atoms with Crippen molar-refractivity contribution in [3.8, 4) is 5.75 Å². The predicted octanol–water partition coefficient (Wildman–Crippen LogP) is 3.05. The van der Waals surface area contributed by atoms with Gasteiger partial charge in [0.05, 0.1) is 13.1 Å². The lowest BCUT2D eigenvalue weighted by atomic mass is 10.1. The fraction of sp³-hybridized carbons (Fsp3) is 0.300. The van der Waals surface area contributed by atoms with Gasteiger partial charge in [-0.25, -0.2) is 0 Å². The number of ether oxygens (including phenoxy) is 1. The van der Waals surface area contributed by atoms with E-state index in [1.807, 2.05) is 54.6 Å². The number of aliphatic imine (C=N–C) groups is 1. The standard InChI is InChI=1S/C20H26N4O2.HI/c1-3-16-8-7-9-17(14-16)24-19(25)15-23-20(21-2)22-12-13-26-18-10-5-4-6-11-18;/h4-11,14H,3,12-13,15H2,1-2H3,(H,24,25)(H2,21,22,23);1H. The van der Waals surface area contributed by atoms with Crippen LogP contribution in [0.1, 0.15) is 12.5 Å². The van der Waals surface area contributed by atoms with Crippen molar-refractivity contribution in [3.05, 3.63) is 60.2 Å². The minimum absolute atomic E-state index is 0. The summed E-state index contributed by atoms with van der Waals surface area (Å²) in [6.07, 6.45) is 0.934. The Morgan fingerprint density at radius 3 is 2.56 bits per heavy atom. The molecular weight excluding hydrogens is 455 g/mol. The Morgan fingerprint density at radius 1 is 1.07 bits per heavy atom. The Morgan fingerprint density at radius 2 is 1.85 bits per heavy atom. The van der Waals surface area contributed by atoms with E-state index in [0.717, 1.165) is 17.9 Å². The Bertz CT molecular complexity index is 723. The van der Waals surface area contributed by atoms with Crippen LogP contribution in [0.5, 0.6) is 5.75 Å². The highest BCUT2D eigenvalue weighted by Crippen LogP contribution is 2.10. The molecule has 2 aromatic carbocycles. The van der Waals surface area contributed by atoms with Gasteiger partial charge < -0.3 is 20.7 Å². The molecular formula is C20H27IN4O2. The monoisotopic (exact) mass is 482 g/mol. The number of guanidine groups is 1. The highest BCUT2D eigenvalue weighted by molar-refractivity contribution is 14.0. The van der Waals surface area contributed by atoms with Crippen molar-refractivity contribution in [3.63, 3.8) is 0 Å². The first-order valence-corrected chi connectivity index (χ1v) is 8.72. The molecule has 0 aliphatic carbocycles. The smallest absolute Gasteiger partial charge is 0.243 e. The van der Waals surface area contributed by atoms with Crippen molar-refractivity contribution < 1.29 is 9.53 Å². The molecule has 6 nitrogen and oxygen atoms in total. The maximum absolute atomic E-state index is 12.1. The van der Waals surface area contributed by atoms with E-state index >= 15 is 0 Å². The van der Waals surface area contributed by atoms with Crippen LogP contribution in [0.2, 0.25) is 0 Å². The molecule has 1 amide bonds. The highest BCUT2D eigenvalue weighted by atomic mass is 127. The van der Waals surface area contributed by atoms with Crippen molar-refractivity contribution in [2.24, 2.45) is 4.99 Å². The fourth-order valence-electron chi connectivity index (χ4n) is 2.31. The molecule has 7 heteroatoms. The number of amides is 1. The molecule has 0 saturated heterocycles.